The van der Waals surface area contributed by atoms with Crippen LogP contribution in [0.5, 0.6) is 0 Å². The smallest absolute Gasteiger partial charge is 0.251 e. The minimum Gasteiger partial charge on any atom is -0.343 e. The van der Waals surface area contributed by atoms with E-state index in [4.69, 9.17) is 0 Å². The van der Waals surface area contributed by atoms with Gasteiger partial charge < -0.3 is 30.7 Å². The molecule has 9 aliphatic rings. The SMILES string of the molecule is Cc1nccc(N2c3ccc(C4(NC(=O)c5ccc(F)cc5)CC4)cc3C3CC32)n1.Cc1nccc(N2c3ccc(C4(NC(=O)c5ccc(F)cc5)CC4)cc3[C@@H]3C[C@@H]32)n1.Cc1nccc(N2c3ccc(C4(NC(=O)c5ccc(F)cc5)CC4)cc3[C@H]3C[C@H]32)n1. The molecule has 2 unspecified atom stereocenters. The van der Waals surface area contributed by atoms with Crippen LogP contribution in [-0.2, 0) is 16.6 Å². The largest absolute Gasteiger partial charge is 0.343 e. The van der Waals surface area contributed by atoms with Gasteiger partial charge in [-0.1, -0.05) is 36.4 Å². The maximum absolute atomic E-state index is 13.2. The highest BCUT2D eigenvalue weighted by atomic mass is 19.1. The third kappa shape index (κ3) is 10.1. The van der Waals surface area contributed by atoms with Crippen molar-refractivity contribution in [3.63, 3.8) is 0 Å². The summed E-state index contributed by atoms with van der Waals surface area (Å²) in [4.78, 5) is 71.6. The fourth-order valence-corrected chi connectivity index (χ4v) is 14.2. The van der Waals surface area contributed by atoms with Crippen molar-refractivity contribution in [2.75, 3.05) is 14.7 Å². The number of aryl methyl sites for hydroxylation is 3. The van der Waals surface area contributed by atoms with E-state index in [-0.39, 0.29) is 51.8 Å². The number of hydrogen-bond acceptors (Lipinski definition) is 12. The summed E-state index contributed by atoms with van der Waals surface area (Å²) in [6, 6.07) is 44.1. The zero-order chi connectivity index (χ0) is 61.4. The number of carbonyl (C=O) groups is 3. The average Bonchev–Trinajstić information content (AvgIpc) is 1.56. The molecular weight excluding hydrogens is 1140 g/mol. The number of fused-ring (bicyclic) bond motifs is 9. The Morgan fingerprint density at radius 1 is 0.389 bits per heavy atom. The molecule has 3 aliphatic heterocycles. The Morgan fingerprint density at radius 2 is 0.656 bits per heavy atom. The molecule has 18 rings (SSSR count). The summed E-state index contributed by atoms with van der Waals surface area (Å²) >= 11 is 0. The first kappa shape index (κ1) is 55.5. The van der Waals surface area contributed by atoms with Gasteiger partial charge in [-0.15, -0.1) is 0 Å². The predicted octanol–water partition coefficient (Wildman–Crippen LogP) is 13.1. The van der Waals surface area contributed by atoms with Crippen LogP contribution in [0.4, 0.5) is 47.7 Å². The number of nitrogens with one attached hydrogen (secondary N) is 3. The molecule has 3 amide bonds. The number of aromatic nitrogens is 6. The van der Waals surface area contributed by atoms with E-state index in [1.54, 1.807) is 0 Å². The molecule has 6 atom stereocenters. The Bertz CT molecular complexity index is 3960. The van der Waals surface area contributed by atoms with E-state index in [2.05, 4.69) is 115 Å². The van der Waals surface area contributed by atoms with Gasteiger partial charge in [0, 0.05) is 88.2 Å². The second kappa shape index (κ2) is 20.9. The Hall–Kier alpha value is -9.84. The Labute approximate surface area is 518 Å². The van der Waals surface area contributed by atoms with Crippen molar-refractivity contribution >= 4 is 52.2 Å². The lowest BCUT2D eigenvalue weighted by Gasteiger charge is -2.23. The van der Waals surface area contributed by atoms with Crippen LogP contribution in [0.25, 0.3) is 0 Å². The molecule has 0 spiro atoms. The summed E-state index contributed by atoms with van der Waals surface area (Å²) in [7, 11) is 0. The summed E-state index contributed by atoms with van der Waals surface area (Å²) in [6.07, 6.45) is 14.3. The molecule has 0 radical (unpaired) electrons. The number of amides is 3. The van der Waals surface area contributed by atoms with Crippen LogP contribution in [0.15, 0.2) is 164 Å². The van der Waals surface area contributed by atoms with Crippen molar-refractivity contribution in [1.82, 2.24) is 45.9 Å². The maximum atomic E-state index is 13.2. The van der Waals surface area contributed by atoms with Gasteiger partial charge in [0.1, 0.15) is 52.4 Å². The zero-order valence-electron chi connectivity index (χ0n) is 49.8. The fraction of sp³-hybridized carbons (Fsp3) is 0.292. The van der Waals surface area contributed by atoms with Crippen LogP contribution in [0, 0.1) is 38.2 Å². The topological polar surface area (TPSA) is 174 Å². The first-order valence-corrected chi connectivity index (χ1v) is 31.1. The van der Waals surface area contributed by atoms with Gasteiger partial charge in [0.05, 0.1) is 16.6 Å². The number of carbonyl (C=O) groups excluding carboxylic acids is 3. The highest BCUT2D eigenvalue weighted by Crippen LogP contribution is 2.62. The second-order valence-electron chi connectivity index (χ2n) is 25.7. The number of halogens is 3. The third-order valence-electron chi connectivity index (χ3n) is 19.6. The molecule has 15 nitrogen and oxygen atoms in total. The van der Waals surface area contributed by atoms with Crippen LogP contribution in [-0.4, -0.2) is 65.8 Å². The predicted molar refractivity (Wildman–Crippen MR) is 334 cm³/mol. The number of anilines is 6. The first-order chi connectivity index (χ1) is 43.6. The van der Waals surface area contributed by atoms with Gasteiger partial charge in [0.15, 0.2) is 0 Å². The van der Waals surface area contributed by atoms with Gasteiger partial charge in [-0.2, -0.15) is 0 Å². The molecule has 9 aromatic rings. The van der Waals surface area contributed by atoms with Gasteiger partial charge in [-0.05, 0) is 221 Å². The van der Waals surface area contributed by atoms with Crippen LogP contribution >= 0.6 is 0 Å². The lowest BCUT2D eigenvalue weighted by molar-refractivity contribution is 0.0922. The summed E-state index contributed by atoms with van der Waals surface area (Å²) in [5, 5.41) is 9.58. The van der Waals surface area contributed by atoms with E-state index in [0.29, 0.717) is 52.6 Å². The van der Waals surface area contributed by atoms with Crippen molar-refractivity contribution in [2.24, 2.45) is 0 Å². The molecule has 3 N–H and O–H groups in total. The second-order valence-corrected chi connectivity index (χ2v) is 25.7. The fourth-order valence-electron chi connectivity index (χ4n) is 14.2. The van der Waals surface area contributed by atoms with E-state index in [0.717, 1.165) is 109 Å². The molecule has 450 valence electrons. The Morgan fingerprint density at radius 3 is 0.900 bits per heavy atom. The lowest BCUT2D eigenvalue weighted by atomic mass is 9.98. The quantitative estimate of drug-likeness (QED) is 0.106. The normalized spacial score (nSPS) is 22.3. The van der Waals surface area contributed by atoms with Crippen LogP contribution in [0.1, 0.15) is 157 Å². The molecule has 90 heavy (non-hydrogen) atoms. The molecule has 0 bridgehead atoms. The van der Waals surface area contributed by atoms with Gasteiger partial charge in [-0.25, -0.2) is 43.1 Å². The van der Waals surface area contributed by atoms with Crippen molar-refractivity contribution in [2.45, 2.75) is 131 Å². The number of rotatable bonds is 12. The van der Waals surface area contributed by atoms with Crippen LogP contribution in [0.2, 0.25) is 0 Å². The molecule has 6 saturated carbocycles. The first-order valence-electron chi connectivity index (χ1n) is 31.1. The van der Waals surface area contributed by atoms with Gasteiger partial charge in [-0.3, -0.25) is 14.4 Å². The van der Waals surface area contributed by atoms with E-state index in [9.17, 15) is 27.6 Å². The van der Waals surface area contributed by atoms with E-state index in [1.807, 2.05) is 57.6 Å². The highest BCUT2D eigenvalue weighted by Gasteiger charge is 2.56. The van der Waals surface area contributed by atoms with Crippen molar-refractivity contribution in [3.8, 4) is 0 Å². The number of nitrogens with zero attached hydrogens (tertiary/aromatic N) is 9. The number of benzene rings is 6. The van der Waals surface area contributed by atoms with E-state index in [1.165, 1.54) is 107 Å². The van der Waals surface area contributed by atoms with Crippen LogP contribution < -0.4 is 30.7 Å². The zero-order valence-corrected chi connectivity index (χ0v) is 49.8. The lowest BCUT2D eigenvalue weighted by Crippen LogP contribution is -2.35. The van der Waals surface area contributed by atoms with Crippen molar-refractivity contribution in [1.29, 1.82) is 0 Å². The average molecular weight is 1200 g/mol. The molecule has 6 heterocycles. The summed E-state index contributed by atoms with van der Waals surface area (Å²) in [5.74, 6) is 5.26. The molecule has 6 aromatic carbocycles. The van der Waals surface area contributed by atoms with Gasteiger partial charge in [0.2, 0.25) is 0 Å². The minimum atomic E-state index is -0.339. The maximum Gasteiger partial charge on any atom is 0.251 e. The van der Waals surface area contributed by atoms with Crippen molar-refractivity contribution < 1.29 is 27.6 Å². The molecule has 0 saturated heterocycles. The summed E-state index contributed by atoms with van der Waals surface area (Å²) < 4.78 is 39.5. The monoisotopic (exact) mass is 1200 g/mol. The van der Waals surface area contributed by atoms with Gasteiger partial charge in [0.25, 0.3) is 17.7 Å². The molecule has 3 aromatic heterocycles. The Kier molecular flexibility index (Phi) is 12.9. The molecular formula is C72H63F3N12O3. The third-order valence-corrected chi connectivity index (χ3v) is 19.6. The molecule has 6 fully saturated rings. The minimum absolute atomic E-state index is 0.157. The van der Waals surface area contributed by atoms with E-state index >= 15 is 0 Å². The van der Waals surface area contributed by atoms with Gasteiger partial charge >= 0.3 is 0 Å². The Balaban J connectivity index is 0.000000108. The summed E-state index contributed by atoms with van der Waals surface area (Å²) in [6.45, 7) is 5.73. The van der Waals surface area contributed by atoms with Crippen LogP contribution in [0.3, 0.4) is 0 Å². The molecule has 18 heteroatoms. The standard InChI is InChI=1S/3C24H21FN4O/c3*1-14-26-11-8-22(27-14)29-20-7-4-16(12-18(20)19-13-21(19)29)24(9-10-24)28-23(30)15-2-5-17(25)6-3-15/h3*2-8,11-12,19,21H,9-10,13H2,1H3,(H,28,30)/t2*19-,21-;/m10./s1. The van der Waals surface area contributed by atoms with E-state index < -0.39 is 0 Å². The van der Waals surface area contributed by atoms with Crippen molar-refractivity contribution in [3.05, 3.63) is 249 Å². The number of hydrogen-bond donors (Lipinski definition) is 3. The molecule has 6 aliphatic carbocycles. The summed E-state index contributed by atoms with van der Waals surface area (Å²) in [5.41, 5.74) is 11.6. The highest BCUT2D eigenvalue weighted by molar-refractivity contribution is 5.96.